The van der Waals surface area contributed by atoms with Crippen molar-refractivity contribution >= 4 is 11.6 Å². The van der Waals surface area contributed by atoms with Crippen LogP contribution in [0.1, 0.15) is 42.8 Å². The Kier molecular flexibility index (Phi) is 4.45. The van der Waals surface area contributed by atoms with Gasteiger partial charge in [0.1, 0.15) is 11.9 Å². The van der Waals surface area contributed by atoms with E-state index >= 15 is 0 Å². The van der Waals surface area contributed by atoms with Crippen LogP contribution in [0.2, 0.25) is 5.22 Å². The molecular weight excluding hydrogens is 248 g/mol. The number of aryl methyl sites for hydroxylation is 1. The van der Waals surface area contributed by atoms with Crippen molar-refractivity contribution in [2.75, 3.05) is 0 Å². The van der Waals surface area contributed by atoms with E-state index in [1.54, 1.807) is 12.1 Å². The quantitative estimate of drug-likeness (QED) is 0.871. The molecule has 0 bridgehead atoms. The third kappa shape index (κ3) is 3.15. The second-order valence-electron chi connectivity index (χ2n) is 4.39. The summed E-state index contributed by atoms with van der Waals surface area (Å²) < 4.78 is 5.21. The maximum atomic E-state index is 10.1. The van der Waals surface area contributed by atoms with Crippen molar-refractivity contribution in [3.8, 4) is 0 Å². The first-order valence-electron chi connectivity index (χ1n) is 6.23. The number of benzene rings is 1. The van der Waals surface area contributed by atoms with E-state index in [-0.39, 0.29) is 0 Å². The van der Waals surface area contributed by atoms with E-state index in [1.807, 2.05) is 12.1 Å². The summed E-state index contributed by atoms with van der Waals surface area (Å²) >= 11 is 5.70. The first-order valence-corrected chi connectivity index (χ1v) is 6.60. The zero-order chi connectivity index (χ0) is 13.0. The van der Waals surface area contributed by atoms with Gasteiger partial charge >= 0.3 is 0 Å². The molecule has 0 amide bonds. The molecular formula is C15H17ClO2. The Labute approximate surface area is 112 Å². The molecule has 0 spiro atoms. The Bertz CT molecular complexity index is 487. The van der Waals surface area contributed by atoms with Gasteiger partial charge in [0.15, 0.2) is 5.22 Å². The van der Waals surface area contributed by atoms with Crippen LogP contribution in [0.5, 0.6) is 0 Å². The highest BCUT2D eigenvalue weighted by Gasteiger charge is 2.14. The molecule has 0 aliphatic heterocycles. The highest BCUT2D eigenvalue weighted by molar-refractivity contribution is 6.28. The standard InChI is InChI=1S/C15H17ClO2/c1-2-3-4-11-5-7-12(8-6-11)15(17)13-9-10-14(16)18-13/h5-10,15,17H,2-4H2,1H3. The molecule has 0 aliphatic carbocycles. The zero-order valence-corrected chi connectivity index (χ0v) is 11.2. The van der Waals surface area contributed by atoms with Gasteiger partial charge in [-0.15, -0.1) is 0 Å². The Balaban J connectivity index is 2.09. The zero-order valence-electron chi connectivity index (χ0n) is 10.4. The van der Waals surface area contributed by atoms with E-state index in [2.05, 4.69) is 19.1 Å². The molecule has 1 aromatic heterocycles. The van der Waals surface area contributed by atoms with Gasteiger partial charge in [-0.05, 0) is 47.7 Å². The summed E-state index contributed by atoms with van der Waals surface area (Å²) in [5, 5.41) is 10.4. The Morgan fingerprint density at radius 1 is 1.17 bits per heavy atom. The van der Waals surface area contributed by atoms with E-state index < -0.39 is 6.10 Å². The lowest BCUT2D eigenvalue weighted by Crippen LogP contribution is -1.98. The third-order valence-electron chi connectivity index (χ3n) is 2.98. The van der Waals surface area contributed by atoms with Gasteiger partial charge in [0, 0.05) is 0 Å². The van der Waals surface area contributed by atoms with Gasteiger partial charge in [-0.25, -0.2) is 0 Å². The molecule has 0 radical (unpaired) electrons. The monoisotopic (exact) mass is 264 g/mol. The number of unbranched alkanes of at least 4 members (excludes halogenated alkanes) is 1. The SMILES string of the molecule is CCCCc1ccc(C(O)c2ccc(Cl)o2)cc1. The number of hydrogen-bond acceptors (Lipinski definition) is 2. The Morgan fingerprint density at radius 2 is 1.89 bits per heavy atom. The molecule has 2 nitrogen and oxygen atoms in total. The Morgan fingerprint density at radius 3 is 2.44 bits per heavy atom. The minimum absolute atomic E-state index is 0.295. The van der Waals surface area contributed by atoms with Crippen LogP contribution in [0.3, 0.4) is 0 Å². The van der Waals surface area contributed by atoms with Crippen molar-refractivity contribution in [3.63, 3.8) is 0 Å². The fourth-order valence-corrected chi connectivity index (χ4v) is 2.04. The second-order valence-corrected chi connectivity index (χ2v) is 4.76. The van der Waals surface area contributed by atoms with E-state index in [0.29, 0.717) is 11.0 Å². The largest absolute Gasteiger partial charge is 0.447 e. The van der Waals surface area contributed by atoms with Crippen LogP contribution in [-0.2, 0) is 6.42 Å². The minimum atomic E-state index is -0.752. The van der Waals surface area contributed by atoms with Crippen LogP contribution < -0.4 is 0 Å². The first kappa shape index (κ1) is 13.2. The van der Waals surface area contributed by atoms with Crippen LogP contribution >= 0.6 is 11.6 Å². The average molecular weight is 265 g/mol. The van der Waals surface area contributed by atoms with Crippen molar-refractivity contribution in [1.29, 1.82) is 0 Å². The van der Waals surface area contributed by atoms with Gasteiger partial charge in [-0.3, -0.25) is 0 Å². The van der Waals surface area contributed by atoms with Gasteiger partial charge in [-0.2, -0.15) is 0 Å². The molecule has 0 aliphatic rings. The van der Waals surface area contributed by atoms with Crippen LogP contribution in [-0.4, -0.2) is 5.11 Å². The predicted molar refractivity (Wildman–Crippen MR) is 72.8 cm³/mol. The van der Waals surface area contributed by atoms with Crippen molar-refractivity contribution in [3.05, 3.63) is 58.5 Å². The van der Waals surface area contributed by atoms with Crippen LogP contribution in [0.15, 0.2) is 40.8 Å². The smallest absolute Gasteiger partial charge is 0.193 e. The van der Waals surface area contributed by atoms with Crippen LogP contribution in [0.25, 0.3) is 0 Å². The summed E-state index contributed by atoms with van der Waals surface area (Å²) in [6.07, 6.45) is 2.71. The van der Waals surface area contributed by atoms with E-state index in [9.17, 15) is 5.11 Å². The minimum Gasteiger partial charge on any atom is -0.447 e. The number of furan rings is 1. The summed E-state index contributed by atoms with van der Waals surface area (Å²) in [6.45, 7) is 2.18. The molecule has 96 valence electrons. The molecule has 3 heteroatoms. The van der Waals surface area contributed by atoms with Crippen LogP contribution in [0, 0.1) is 0 Å². The summed E-state index contributed by atoms with van der Waals surface area (Å²) in [5.41, 5.74) is 2.12. The van der Waals surface area contributed by atoms with Crippen molar-refractivity contribution in [2.45, 2.75) is 32.3 Å². The summed E-state index contributed by atoms with van der Waals surface area (Å²) in [4.78, 5) is 0. The summed E-state index contributed by atoms with van der Waals surface area (Å²) in [6, 6.07) is 11.3. The second kappa shape index (κ2) is 6.07. The number of halogens is 1. The molecule has 0 fully saturated rings. The normalized spacial score (nSPS) is 12.6. The van der Waals surface area contributed by atoms with Gasteiger partial charge < -0.3 is 9.52 Å². The highest BCUT2D eigenvalue weighted by Crippen LogP contribution is 2.26. The van der Waals surface area contributed by atoms with Gasteiger partial charge in [0.2, 0.25) is 0 Å². The average Bonchev–Trinajstić information content (AvgIpc) is 2.83. The van der Waals surface area contributed by atoms with Crippen molar-refractivity contribution in [1.82, 2.24) is 0 Å². The van der Waals surface area contributed by atoms with Gasteiger partial charge in [0.05, 0.1) is 0 Å². The topological polar surface area (TPSA) is 33.4 Å². The fraction of sp³-hybridized carbons (Fsp3) is 0.333. The van der Waals surface area contributed by atoms with E-state index in [1.165, 1.54) is 18.4 Å². The number of hydrogen-bond donors (Lipinski definition) is 1. The highest BCUT2D eigenvalue weighted by atomic mass is 35.5. The van der Waals surface area contributed by atoms with Crippen molar-refractivity contribution in [2.24, 2.45) is 0 Å². The first-order chi connectivity index (χ1) is 8.70. The predicted octanol–water partition coefficient (Wildman–Crippen LogP) is 4.36. The number of aliphatic hydroxyl groups excluding tert-OH is 1. The number of aliphatic hydroxyl groups is 1. The molecule has 1 unspecified atom stereocenters. The lowest BCUT2D eigenvalue weighted by molar-refractivity contribution is 0.189. The summed E-state index contributed by atoms with van der Waals surface area (Å²) in [5.74, 6) is 0.473. The number of rotatable bonds is 5. The Hall–Kier alpha value is -1.25. The molecule has 2 rings (SSSR count). The molecule has 1 atom stereocenters. The molecule has 0 saturated carbocycles. The molecule has 1 heterocycles. The molecule has 1 N–H and O–H groups in total. The maximum Gasteiger partial charge on any atom is 0.193 e. The van der Waals surface area contributed by atoms with Gasteiger partial charge in [-0.1, -0.05) is 37.6 Å². The lowest BCUT2D eigenvalue weighted by atomic mass is 10.0. The summed E-state index contributed by atoms with van der Waals surface area (Å²) in [7, 11) is 0. The molecule has 18 heavy (non-hydrogen) atoms. The lowest BCUT2D eigenvalue weighted by Gasteiger charge is -2.09. The molecule has 2 aromatic rings. The van der Waals surface area contributed by atoms with Crippen LogP contribution in [0.4, 0.5) is 0 Å². The molecule has 0 saturated heterocycles. The fourth-order valence-electron chi connectivity index (χ4n) is 1.89. The maximum absolute atomic E-state index is 10.1. The third-order valence-corrected chi connectivity index (χ3v) is 3.18. The molecule has 1 aromatic carbocycles. The van der Waals surface area contributed by atoms with E-state index in [0.717, 1.165) is 12.0 Å². The van der Waals surface area contributed by atoms with E-state index in [4.69, 9.17) is 16.0 Å². The van der Waals surface area contributed by atoms with Gasteiger partial charge in [0.25, 0.3) is 0 Å². The van der Waals surface area contributed by atoms with Crippen molar-refractivity contribution < 1.29 is 9.52 Å².